The molecule has 2 N–H and O–H groups in total. The Morgan fingerprint density at radius 3 is 2.37 bits per heavy atom. The Morgan fingerprint density at radius 2 is 1.95 bits per heavy atom. The summed E-state index contributed by atoms with van der Waals surface area (Å²) in [6.45, 7) is 9.60. The van der Waals surface area contributed by atoms with E-state index in [-0.39, 0.29) is 5.41 Å². The number of benzene rings is 1. The Labute approximate surface area is 117 Å². The van der Waals surface area contributed by atoms with Crippen molar-refractivity contribution in [2.75, 3.05) is 13.7 Å². The monoisotopic (exact) mass is 261 g/mol. The molecule has 0 aromatic heterocycles. The van der Waals surface area contributed by atoms with Gasteiger partial charge in [0.1, 0.15) is 5.75 Å². The molecule has 19 heavy (non-hydrogen) atoms. The van der Waals surface area contributed by atoms with Gasteiger partial charge in [0.25, 0.3) is 0 Å². The second-order valence-electron chi connectivity index (χ2n) is 6.86. The highest BCUT2D eigenvalue weighted by atomic mass is 16.5. The molecule has 1 aliphatic rings. The number of nitrogens with two attached hydrogens (primary N) is 1. The molecule has 0 radical (unpaired) electrons. The third-order valence-electron chi connectivity index (χ3n) is 4.12. The Morgan fingerprint density at radius 1 is 1.32 bits per heavy atom. The first-order valence-corrected chi connectivity index (χ1v) is 7.27. The van der Waals surface area contributed by atoms with Crippen molar-refractivity contribution in [3.05, 3.63) is 28.8 Å². The first kappa shape index (κ1) is 14.4. The predicted molar refractivity (Wildman–Crippen MR) is 81.0 cm³/mol. The van der Waals surface area contributed by atoms with Crippen LogP contribution in [0, 0.1) is 12.8 Å². The standard InChI is InChI=1S/C17H27NO/c1-11-8-13(14(10-18)12-6-7-12)16(19-5)15(9-11)17(2,3)4/h8-9,12,14H,6-7,10,18H2,1-5H3. The molecule has 106 valence electrons. The van der Waals surface area contributed by atoms with Crippen molar-refractivity contribution in [1.82, 2.24) is 0 Å². The summed E-state index contributed by atoms with van der Waals surface area (Å²) in [4.78, 5) is 0. The van der Waals surface area contributed by atoms with E-state index in [1.165, 1.54) is 29.5 Å². The number of rotatable bonds is 4. The van der Waals surface area contributed by atoms with E-state index in [0.717, 1.165) is 11.7 Å². The molecule has 0 bridgehead atoms. The smallest absolute Gasteiger partial charge is 0.126 e. The Bertz CT molecular complexity index is 455. The number of methoxy groups -OCH3 is 1. The van der Waals surface area contributed by atoms with Crippen LogP contribution in [0.1, 0.15) is 56.2 Å². The van der Waals surface area contributed by atoms with Gasteiger partial charge in [-0.3, -0.25) is 0 Å². The van der Waals surface area contributed by atoms with E-state index < -0.39 is 0 Å². The van der Waals surface area contributed by atoms with Crippen LogP contribution in [0.5, 0.6) is 5.75 Å². The summed E-state index contributed by atoms with van der Waals surface area (Å²) in [5, 5.41) is 0. The molecule has 1 fully saturated rings. The predicted octanol–water partition coefficient (Wildman–Crippen LogP) is 3.75. The van der Waals surface area contributed by atoms with Crippen LogP contribution < -0.4 is 10.5 Å². The maximum atomic E-state index is 6.02. The van der Waals surface area contributed by atoms with E-state index >= 15 is 0 Å². The summed E-state index contributed by atoms with van der Waals surface area (Å²) in [7, 11) is 1.78. The molecule has 1 aromatic carbocycles. The van der Waals surface area contributed by atoms with Crippen molar-refractivity contribution >= 4 is 0 Å². The SMILES string of the molecule is COc1c(C(CN)C2CC2)cc(C)cc1C(C)(C)C. The average Bonchev–Trinajstić information content (AvgIpc) is 3.12. The van der Waals surface area contributed by atoms with Crippen molar-refractivity contribution in [1.29, 1.82) is 0 Å². The zero-order valence-corrected chi connectivity index (χ0v) is 12.9. The normalized spacial score (nSPS) is 17.4. The van der Waals surface area contributed by atoms with E-state index in [1.54, 1.807) is 7.11 Å². The second-order valence-corrected chi connectivity index (χ2v) is 6.86. The molecule has 1 atom stereocenters. The first-order chi connectivity index (χ1) is 8.88. The number of ether oxygens (including phenoxy) is 1. The molecule has 0 saturated heterocycles. The minimum Gasteiger partial charge on any atom is -0.496 e. The van der Waals surface area contributed by atoms with Crippen molar-refractivity contribution in [2.24, 2.45) is 11.7 Å². The van der Waals surface area contributed by atoms with Crippen molar-refractivity contribution < 1.29 is 4.74 Å². The van der Waals surface area contributed by atoms with Crippen LogP contribution in [-0.2, 0) is 5.41 Å². The maximum Gasteiger partial charge on any atom is 0.126 e. The molecule has 0 spiro atoms. The second kappa shape index (κ2) is 5.16. The van der Waals surface area contributed by atoms with Gasteiger partial charge >= 0.3 is 0 Å². The summed E-state index contributed by atoms with van der Waals surface area (Å²) in [5.41, 5.74) is 10.0. The third kappa shape index (κ3) is 2.94. The molecular weight excluding hydrogens is 234 g/mol. The zero-order valence-electron chi connectivity index (χ0n) is 12.9. The largest absolute Gasteiger partial charge is 0.496 e. The lowest BCUT2D eigenvalue weighted by molar-refractivity contribution is 0.386. The van der Waals surface area contributed by atoms with E-state index in [2.05, 4.69) is 39.8 Å². The number of aryl methyl sites for hydroxylation is 1. The lowest BCUT2D eigenvalue weighted by Crippen LogP contribution is -2.19. The van der Waals surface area contributed by atoms with Crippen molar-refractivity contribution in [3.8, 4) is 5.75 Å². The quantitative estimate of drug-likeness (QED) is 0.895. The van der Waals surface area contributed by atoms with E-state index in [1.807, 2.05) is 0 Å². The summed E-state index contributed by atoms with van der Waals surface area (Å²) >= 11 is 0. The molecule has 2 heteroatoms. The number of hydrogen-bond acceptors (Lipinski definition) is 2. The lowest BCUT2D eigenvalue weighted by Gasteiger charge is -2.27. The Kier molecular flexibility index (Phi) is 3.91. The van der Waals surface area contributed by atoms with Gasteiger partial charge in [0, 0.05) is 11.5 Å². The van der Waals surface area contributed by atoms with Gasteiger partial charge in [-0.25, -0.2) is 0 Å². The highest BCUT2D eigenvalue weighted by molar-refractivity contribution is 5.50. The fourth-order valence-corrected chi connectivity index (χ4v) is 2.93. The molecule has 0 aliphatic heterocycles. The molecule has 0 heterocycles. The Hall–Kier alpha value is -1.02. The summed E-state index contributed by atoms with van der Waals surface area (Å²) in [6, 6.07) is 4.52. The highest BCUT2D eigenvalue weighted by Gasteiger charge is 2.34. The van der Waals surface area contributed by atoms with Gasteiger partial charge in [0.05, 0.1) is 7.11 Å². The first-order valence-electron chi connectivity index (χ1n) is 7.27. The van der Waals surface area contributed by atoms with Crippen LogP contribution in [0.2, 0.25) is 0 Å². The molecule has 2 rings (SSSR count). The molecule has 1 aliphatic carbocycles. The zero-order chi connectivity index (χ0) is 14.2. The molecule has 1 unspecified atom stereocenters. The van der Waals surface area contributed by atoms with Gasteiger partial charge in [-0.2, -0.15) is 0 Å². The minimum absolute atomic E-state index is 0.0921. The summed E-state index contributed by atoms with van der Waals surface area (Å²) in [6.07, 6.45) is 2.62. The number of hydrogen-bond donors (Lipinski definition) is 1. The fraction of sp³-hybridized carbons (Fsp3) is 0.647. The topological polar surface area (TPSA) is 35.2 Å². The summed E-state index contributed by atoms with van der Waals surface area (Å²) < 4.78 is 5.76. The molecule has 2 nitrogen and oxygen atoms in total. The Balaban J connectivity index is 2.55. The lowest BCUT2D eigenvalue weighted by atomic mass is 9.81. The van der Waals surface area contributed by atoms with E-state index in [0.29, 0.717) is 12.5 Å². The van der Waals surface area contributed by atoms with Gasteiger partial charge < -0.3 is 10.5 Å². The molecule has 1 saturated carbocycles. The fourth-order valence-electron chi connectivity index (χ4n) is 2.93. The average molecular weight is 261 g/mol. The van der Waals surface area contributed by atoms with Crippen LogP contribution >= 0.6 is 0 Å². The van der Waals surface area contributed by atoms with Crippen LogP contribution in [-0.4, -0.2) is 13.7 Å². The van der Waals surface area contributed by atoms with E-state index in [4.69, 9.17) is 10.5 Å². The van der Waals surface area contributed by atoms with Gasteiger partial charge in [0.2, 0.25) is 0 Å². The van der Waals surface area contributed by atoms with Crippen molar-refractivity contribution in [2.45, 2.75) is 51.9 Å². The van der Waals surface area contributed by atoms with Gasteiger partial charge in [-0.05, 0) is 43.2 Å². The van der Waals surface area contributed by atoms with Gasteiger partial charge in [-0.15, -0.1) is 0 Å². The van der Waals surface area contributed by atoms with Crippen LogP contribution in [0.4, 0.5) is 0 Å². The van der Waals surface area contributed by atoms with Crippen LogP contribution in [0.3, 0.4) is 0 Å². The molecular formula is C17H27NO. The maximum absolute atomic E-state index is 6.02. The molecule has 0 amide bonds. The van der Waals surface area contributed by atoms with Gasteiger partial charge in [0.15, 0.2) is 0 Å². The highest BCUT2D eigenvalue weighted by Crippen LogP contribution is 2.47. The van der Waals surface area contributed by atoms with E-state index in [9.17, 15) is 0 Å². The van der Waals surface area contributed by atoms with Gasteiger partial charge in [-0.1, -0.05) is 38.5 Å². The van der Waals surface area contributed by atoms with Crippen LogP contribution in [0.15, 0.2) is 12.1 Å². The minimum atomic E-state index is 0.0921. The summed E-state index contributed by atoms with van der Waals surface area (Å²) in [5.74, 6) is 2.27. The molecule has 1 aromatic rings. The van der Waals surface area contributed by atoms with Crippen LogP contribution in [0.25, 0.3) is 0 Å². The van der Waals surface area contributed by atoms with Crippen molar-refractivity contribution in [3.63, 3.8) is 0 Å². The third-order valence-corrected chi connectivity index (χ3v) is 4.12.